The first kappa shape index (κ1) is 7.16. The average molecular weight is 258 g/mol. The van der Waals surface area contributed by atoms with Gasteiger partial charge in [-0.05, 0) is 53.3 Å². The summed E-state index contributed by atoms with van der Waals surface area (Å²) < 4.78 is 6.55. The monoisotopic (exact) mass is 258 g/mol. The van der Waals surface area contributed by atoms with Gasteiger partial charge in [0.1, 0.15) is 5.58 Å². The number of fused-ring (bicyclic) bond motifs is 1. The minimum absolute atomic E-state index is 0.975. The second-order valence-corrected chi connectivity index (χ2v) is 3.80. The summed E-state index contributed by atoms with van der Waals surface area (Å²) in [6.45, 7) is 2.06. The van der Waals surface area contributed by atoms with Crippen molar-refractivity contribution in [2.24, 2.45) is 0 Å². The second kappa shape index (κ2) is 2.52. The third-order valence-electron chi connectivity index (χ3n) is 1.73. The Bertz CT molecular complexity index is 389. The van der Waals surface area contributed by atoms with E-state index >= 15 is 0 Å². The lowest BCUT2D eigenvalue weighted by Gasteiger charge is -1.89. The molecule has 0 saturated carbocycles. The fraction of sp³-hybridized carbons (Fsp3) is 0.111. The standard InChI is InChI=1S/C9H7IO/c1-6-5-11-9-3-2-7(10)4-8(6)9/h2-5H,1H3. The van der Waals surface area contributed by atoms with E-state index in [1.807, 2.05) is 12.1 Å². The highest BCUT2D eigenvalue weighted by Gasteiger charge is 2.00. The second-order valence-electron chi connectivity index (χ2n) is 2.56. The van der Waals surface area contributed by atoms with Gasteiger partial charge in [0.05, 0.1) is 6.26 Å². The Morgan fingerprint density at radius 3 is 3.00 bits per heavy atom. The fourth-order valence-electron chi connectivity index (χ4n) is 1.13. The number of halogens is 1. The van der Waals surface area contributed by atoms with E-state index in [0.29, 0.717) is 0 Å². The van der Waals surface area contributed by atoms with Crippen molar-refractivity contribution in [2.45, 2.75) is 6.92 Å². The van der Waals surface area contributed by atoms with Crippen molar-refractivity contribution in [3.8, 4) is 0 Å². The van der Waals surface area contributed by atoms with E-state index in [1.165, 1.54) is 14.5 Å². The van der Waals surface area contributed by atoms with Gasteiger partial charge in [0.2, 0.25) is 0 Å². The Labute approximate surface area is 78.5 Å². The summed E-state index contributed by atoms with van der Waals surface area (Å²) in [5.74, 6) is 0. The van der Waals surface area contributed by atoms with E-state index in [0.717, 1.165) is 5.58 Å². The summed E-state index contributed by atoms with van der Waals surface area (Å²) in [7, 11) is 0. The lowest BCUT2D eigenvalue weighted by molar-refractivity contribution is 0.613. The lowest BCUT2D eigenvalue weighted by Crippen LogP contribution is -1.70. The van der Waals surface area contributed by atoms with Gasteiger partial charge in [-0.3, -0.25) is 0 Å². The summed E-state index contributed by atoms with van der Waals surface area (Å²) in [4.78, 5) is 0. The zero-order valence-corrected chi connectivity index (χ0v) is 8.25. The molecule has 0 saturated heterocycles. The minimum Gasteiger partial charge on any atom is -0.464 e. The molecule has 0 atom stereocenters. The molecule has 0 amide bonds. The topological polar surface area (TPSA) is 13.1 Å². The number of rotatable bonds is 0. The van der Waals surface area contributed by atoms with Gasteiger partial charge in [-0.15, -0.1) is 0 Å². The summed E-state index contributed by atoms with van der Waals surface area (Å²) in [6, 6.07) is 6.19. The molecule has 56 valence electrons. The molecule has 1 heterocycles. The molecule has 2 heteroatoms. The van der Waals surface area contributed by atoms with Crippen LogP contribution in [0.3, 0.4) is 0 Å². The Morgan fingerprint density at radius 1 is 1.36 bits per heavy atom. The molecule has 0 aliphatic heterocycles. The minimum atomic E-state index is 0.975. The maximum absolute atomic E-state index is 5.30. The molecule has 0 N–H and O–H groups in total. The SMILES string of the molecule is Cc1coc2ccc(I)cc12. The van der Waals surface area contributed by atoms with Crippen LogP contribution in [-0.2, 0) is 0 Å². The molecule has 0 radical (unpaired) electrons. The first-order valence-corrected chi connectivity index (χ1v) is 4.48. The molecule has 0 aliphatic carbocycles. The van der Waals surface area contributed by atoms with Crippen LogP contribution in [0.5, 0.6) is 0 Å². The zero-order chi connectivity index (χ0) is 7.84. The molecule has 0 aliphatic rings. The van der Waals surface area contributed by atoms with E-state index in [2.05, 4.69) is 35.6 Å². The highest BCUT2D eigenvalue weighted by molar-refractivity contribution is 14.1. The molecular weight excluding hydrogens is 251 g/mol. The van der Waals surface area contributed by atoms with Crippen LogP contribution >= 0.6 is 22.6 Å². The molecule has 1 nitrogen and oxygen atoms in total. The predicted octanol–water partition coefficient (Wildman–Crippen LogP) is 3.35. The lowest BCUT2D eigenvalue weighted by atomic mass is 10.2. The number of aryl methyl sites for hydroxylation is 1. The van der Waals surface area contributed by atoms with E-state index in [-0.39, 0.29) is 0 Å². The van der Waals surface area contributed by atoms with Crippen molar-refractivity contribution >= 4 is 33.6 Å². The molecule has 0 fully saturated rings. The van der Waals surface area contributed by atoms with Crippen LogP contribution in [0.15, 0.2) is 28.9 Å². The van der Waals surface area contributed by atoms with Gasteiger partial charge >= 0.3 is 0 Å². The maximum atomic E-state index is 5.30. The van der Waals surface area contributed by atoms with Crippen LogP contribution in [0, 0.1) is 10.5 Å². The molecule has 2 aromatic rings. The van der Waals surface area contributed by atoms with Crippen molar-refractivity contribution in [2.75, 3.05) is 0 Å². The number of furan rings is 1. The van der Waals surface area contributed by atoms with E-state index < -0.39 is 0 Å². The van der Waals surface area contributed by atoms with Crippen molar-refractivity contribution < 1.29 is 4.42 Å². The average Bonchev–Trinajstić information content (AvgIpc) is 2.33. The molecule has 2 rings (SSSR count). The van der Waals surface area contributed by atoms with Gasteiger partial charge < -0.3 is 4.42 Å². The smallest absolute Gasteiger partial charge is 0.134 e. The Balaban J connectivity index is 2.87. The van der Waals surface area contributed by atoms with Gasteiger partial charge in [-0.2, -0.15) is 0 Å². The van der Waals surface area contributed by atoms with E-state index in [4.69, 9.17) is 4.42 Å². The van der Waals surface area contributed by atoms with Crippen LogP contribution in [-0.4, -0.2) is 0 Å². The highest BCUT2D eigenvalue weighted by atomic mass is 127. The van der Waals surface area contributed by atoms with Crippen LogP contribution in [0.2, 0.25) is 0 Å². The van der Waals surface area contributed by atoms with Gasteiger partial charge in [-0.1, -0.05) is 0 Å². The summed E-state index contributed by atoms with van der Waals surface area (Å²) >= 11 is 2.30. The van der Waals surface area contributed by atoms with Crippen LogP contribution < -0.4 is 0 Å². The first-order chi connectivity index (χ1) is 5.27. The van der Waals surface area contributed by atoms with Crippen molar-refractivity contribution in [1.82, 2.24) is 0 Å². The first-order valence-electron chi connectivity index (χ1n) is 3.41. The Kier molecular flexibility index (Phi) is 1.64. The van der Waals surface area contributed by atoms with Gasteiger partial charge in [0.15, 0.2) is 0 Å². The molecule has 0 unspecified atom stereocenters. The van der Waals surface area contributed by atoms with E-state index in [9.17, 15) is 0 Å². The van der Waals surface area contributed by atoms with Gasteiger partial charge in [-0.25, -0.2) is 0 Å². The van der Waals surface area contributed by atoms with Gasteiger partial charge in [0.25, 0.3) is 0 Å². The van der Waals surface area contributed by atoms with Crippen molar-refractivity contribution in [1.29, 1.82) is 0 Å². The van der Waals surface area contributed by atoms with Crippen LogP contribution in [0.1, 0.15) is 5.56 Å². The van der Waals surface area contributed by atoms with E-state index in [1.54, 1.807) is 6.26 Å². The largest absolute Gasteiger partial charge is 0.464 e. The number of hydrogen-bond donors (Lipinski definition) is 0. The van der Waals surface area contributed by atoms with Crippen LogP contribution in [0.4, 0.5) is 0 Å². The molecular formula is C9H7IO. The number of hydrogen-bond acceptors (Lipinski definition) is 1. The molecule has 1 aromatic heterocycles. The third-order valence-corrected chi connectivity index (χ3v) is 2.40. The molecule has 11 heavy (non-hydrogen) atoms. The fourth-order valence-corrected chi connectivity index (χ4v) is 1.62. The number of benzene rings is 1. The van der Waals surface area contributed by atoms with Crippen molar-refractivity contribution in [3.05, 3.63) is 33.6 Å². The normalized spacial score (nSPS) is 10.7. The third kappa shape index (κ3) is 1.15. The van der Waals surface area contributed by atoms with Crippen LogP contribution in [0.25, 0.3) is 11.0 Å². The molecule has 1 aromatic carbocycles. The maximum Gasteiger partial charge on any atom is 0.134 e. The summed E-state index contributed by atoms with van der Waals surface area (Å²) in [5, 5.41) is 1.22. The van der Waals surface area contributed by atoms with Gasteiger partial charge in [0, 0.05) is 8.96 Å². The molecule has 0 bridgehead atoms. The summed E-state index contributed by atoms with van der Waals surface area (Å²) in [5.41, 5.74) is 2.18. The quantitative estimate of drug-likeness (QED) is 0.660. The Morgan fingerprint density at radius 2 is 2.18 bits per heavy atom. The zero-order valence-electron chi connectivity index (χ0n) is 6.10. The summed E-state index contributed by atoms with van der Waals surface area (Å²) in [6.07, 6.45) is 1.79. The Hall–Kier alpha value is -0.510. The van der Waals surface area contributed by atoms with Crippen molar-refractivity contribution in [3.63, 3.8) is 0 Å². The molecule has 0 spiro atoms. The highest BCUT2D eigenvalue weighted by Crippen LogP contribution is 2.21. The predicted molar refractivity (Wildman–Crippen MR) is 53.7 cm³/mol.